The van der Waals surface area contributed by atoms with Gasteiger partial charge >= 0.3 is 0 Å². The molecule has 0 bridgehead atoms. The number of nitriles is 1. The van der Waals surface area contributed by atoms with Crippen LogP contribution < -0.4 is 15.1 Å². The summed E-state index contributed by atoms with van der Waals surface area (Å²) in [6.07, 6.45) is 0.858. The lowest BCUT2D eigenvalue weighted by Gasteiger charge is -2.36. The molecule has 0 atom stereocenters. The zero-order valence-electron chi connectivity index (χ0n) is 16.2. The third-order valence-corrected chi connectivity index (χ3v) is 6.24. The molecule has 1 aromatic heterocycles. The average Bonchev–Trinajstić information content (AvgIpc) is 2.78. The molecule has 1 saturated heterocycles. The summed E-state index contributed by atoms with van der Waals surface area (Å²) in [5, 5.41) is 16.0. The molecule has 5 nitrogen and oxygen atoms in total. The zero-order chi connectivity index (χ0) is 19.8. The lowest BCUT2D eigenvalue weighted by Crippen LogP contribution is -2.45. The highest BCUT2D eigenvalue weighted by atomic mass is 35.5. The molecule has 0 saturated carbocycles. The van der Waals surface area contributed by atoms with Crippen LogP contribution in [-0.4, -0.2) is 37.7 Å². The summed E-state index contributed by atoms with van der Waals surface area (Å²) in [5.74, 6) is 0.961. The van der Waals surface area contributed by atoms with Crippen molar-refractivity contribution >= 4 is 33.9 Å². The van der Waals surface area contributed by atoms with Gasteiger partial charge in [0, 0.05) is 55.9 Å². The standard InChI is InChI=1S/C23H22ClN5/c24-22-19(14-25)20-15-29(21-7-3-5-16-4-1-2-6-17(16)21)11-8-18(20)23(27-22)28-12-9-26-10-13-28/h1-7,26H,8-13,15H2. The van der Waals surface area contributed by atoms with Crippen LogP contribution in [0, 0.1) is 11.3 Å². The van der Waals surface area contributed by atoms with Crippen molar-refractivity contribution in [2.24, 2.45) is 0 Å². The molecule has 1 fully saturated rings. The number of pyridine rings is 1. The molecule has 29 heavy (non-hydrogen) atoms. The second-order valence-electron chi connectivity index (χ2n) is 7.58. The fraction of sp³-hybridized carbons (Fsp3) is 0.304. The molecule has 146 valence electrons. The Morgan fingerprint density at radius 2 is 1.76 bits per heavy atom. The van der Waals surface area contributed by atoms with Crippen LogP contribution in [0.15, 0.2) is 42.5 Å². The van der Waals surface area contributed by atoms with Crippen molar-refractivity contribution < 1.29 is 0 Å². The highest BCUT2D eigenvalue weighted by Gasteiger charge is 2.28. The zero-order valence-corrected chi connectivity index (χ0v) is 16.9. The van der Waals surface area contributed by atoms with Crippen LogP contribution in [-0.2, 0) is 13.0 Å². The van der Waals surface area contributed by atoms with Crippen LogP contribution in [0.4, 0.5) is 11.5 Å². The summed E-state index contributed by atoms with van der Waals surface area (Å²) in [4.78, 5) is 9.32. The van der Waals surface area contributed by atoms with E-state index in [1.807, 2.05) is 0 Å². The predicted molar refractivity (Wildman–Crippen MR) is 118 cm³/mol. The van der Waals surface area contributed by atoms with Crippen LogP contribution in [0.25, 0.3) is 10.8 Å². The smallest absolute Gasteiger partial charge is 0.149 e. The van der Waals surface area contributed by atoms with E-state index in [1.54, 1.807) is 0 Å². The van der Waals surface area contributed by atoms with E-state index < -0.39 is 0 Å². The molecule has 0 radical (unpaired) electrons. The van der Waals surface area contributed by atoms with E-state index in [2.05, 4.69) is 68.6 Å². The van der Waals surface area contributed by atoms with Crippen LogP contribution in [0.3, 0.4) is 0 Å². The molecular weight excluding hydrogens is 382 g/mol. The Labute approximate surface area is 175 Å². The highest BCUT2D eigenvalue weighted by Crippen LogP contribution is 2.37. The third-order valence-electron chi connectivity index (χ3n) is 5.96. The van der Waals surface area contributed by atoms with Gasteiger partial charge in [-0.3, -0.25) is 0 Å². The first-order valence-corrected chi connectivity index (χ1v) is 10.4. The van der Waals surface area contributed by atoms with E-state index in [-0.39, 0.29) is 0 Å². The number of nitrogens with zero attached hydrogens (tertiary/aromatic N) is 4. The van der Waals surface area contributed by atoms with Crippen molar-refractivity contribution in [3.8, 4) is 6.07 Å². The minimum absolute atomic E-state index is 0.319. The topological polar surface area (TPSA) is 55.2 Å². The summed E-state index contributed by atoms with van der Waals surface area (Å²) in [7, 11) is 0. The first-order valence-electron chi connectivity index (χ1n) is 10.1. The van der Waals surface area contributed by atoms with Crippen molar-refractivity contribution in [2.75, 3.05) is 42.5 Å². The molecule has 5 rings (SSSR count). The van der Waals surface area contributed by atoms with Crippen molar-refractivity contribution in [2.45, 2.75) is 13.0 Å². The van der Waals surface area contributed by atoms with Crippen LogP contribution >= 0.6 is 11.6 Å². The van der Waals surface area contributed by atoms with Gasteiger partial charge in [-0.05, 0) is 23.4 Å². The maximum absolute atomic E-state index is 9.79. The SMILES string of the molecule is N#Cc1c(Cl)nc(N2CCNCC2)c2c1CN(c1cccc3ccccc13)CC2. The molecule has 0 amide bonds. The summed E-state index contributed by atoms with van der Waals surface area (Å²) < 4.78 is 0. The number of fused-ring (bicyclic) bond motifs is 2. The van der Waals surface area contributed by atoms with Crippen LogP contribution in [0.1, 0.15) is 16.7 Å². The number of nitrogens with one attached hydrogen (secondary N) is 1. The number of rotatable bonds is 2. The normalized spacial score (nSPS) is 16.6. The lowest BCUT2D eigenvalue weighted by molar-refractivity contribution is 0.580. The molecule has 2 aliphatic rings. The van der Waals surface area contributed by atoms with Crippen molar-refractivity contribution in [1.82, 2.24) is 10.3 Å². The second kappa shape index (κ2) is 7.55. The van der Waals surface area contributed by atoms with Gasteiger partial charge in [0.1, 0.15) is 17.0 Å². The van der Waals surface area contributed by atoms with E-state index in [0.29, 0.717) is 17.3 Å². The number of aromatic nitrogens is 1. The quantitative estimate of drug-likeness (QED) is 0.661. The first kappa shape index (κ1) is 18.2. The van der Waals surface area contributed by atoms with Gasteiger partial charge < -0.3 is 15.1 Å². The second-order valence-corrected chi connectivity index (χ2v) is 7.94. The molecule has 1 N–H and O–H groups in total. The fourth-order valence-electron chi connectivity index (χ4n) is 4.52. The third kappa shape index (κ3) is 3.19. The Bertz CT molecular complexity index is 1110. The number of anilines is 2. The highest BCUT2D eigenvalue weighted by molar-refractivity contribution is 6.30. The maximum atomic E-state index is 9.79. The van der Waals surface area contributed by atoms with E-state index >= 15 is 0 Å². The molecule has 0 aliphatic carbocycles. The van der Waals surface area contributed by atoms with Gasteiger partial charge in [-0.15, -0.1) is 0 Å². The monoisotopic (exact) mass is 403 g/mol. The minimum Gasteiger partial charge on any atom is -0.366 e. The Balaban J connectivity index is 1.59. The first-order chi connectivity index (χ1) is 14.3. The van der Waals surface area contributed by atoms with Crippen molar-refractivity contribution in [3.05, 3.63) is 64.3 Å². The Hall–Kier alpha value is -2.81. The van der Waals surface area contributed by atoms with Gasteiger partial charge in [0.25, 0.3) is 0 Å². The molecule has 3 heterocycles. The largest absolute Gasteiger partial charge is 0.366 e. The molecule has 2 aromatic carbocycles. The Morgan fingerprint density at radius 3 is 2.59 bits per heavy atom. The summed E-state index contributed by atoms with van der Waals surface area (Å²) in [6.45, 7) is 5.28. The van der Waals surface area contributed by atoms with Crippen molar-refractivity contribution in [3.63, 3.8) is 0 Å². The van der Waals surface area contributed by atoms with Crippen LogP contribution in [0.5, 0.6) is 0 Å². The van der Waals surface area contributed by atoms with E-state index in [9.17, 15) is 5.26 Å². The number of piperazine rings is 1. The molecule has 0 spiro atoms. The molecule has 6 heteroatoms. The predicted octanol–water partition coefficient (Wildman–Crippen LogP) is 3.73. The van der Waals surface area contributed by atoms with E-state index in [4.69, 9.17) is 11.6 Å². The van der Waals surface area contributed by atoms with Gasteiger partial charge in [-0.25, -0.2) is 4.98 Å². The number of benzene rings is 2. The number of hydrogen-bond donors (Lipinski definition) is 1. The molecule has 0 unspecified atom stereocenters. The van der Waals surface area contributed by atoms with Gasteiger partial charge in [0.05, 0.1) is 5.56 Å². The average molecular weight is 404 g/mol. The Morgan fingerprint density at radius 1 is 0.966 bits per heavy atom. The lowest BCUT2D eigenvalue weighted by atomic mass is 9.95. The molecule has 3 aromatic rings. The number of hydrogen-bond acceptors (Lipinski definition) is 5. The maximum Gasteiger partial charge on any atom is 0.149 e. The van der Waals surface area contributed by atoms with Gasteiger partial charge in [-0.1, -0.05) is 48.0 Å². The summed E-state index contributed by atoms with van der Waals surface area (Å²) >= 11 is 6.48. The fourth-order valence-corrected chi connectivity index (χ4v) is 4.76. The van der Waals surface area contributed by atoms with E-state index in [0.717, 1.165) is 50.5 Å². The van der Waals surface area contributed by atoms with Crippen LogP contribution in [0.2, 0.25) is 5.15 Å². The van der Waals surface area contributed by atoms with Crippen molar-refractivity contribution in [1.29, 1.82) is 5.26 Å². The van der Waals surface area contributed by atoms with E-state index in [1.165, 1.54) is 22.0 Å². The van der Waals surface area contributed by atoms with Gasteiger partial charge in [0.15, 0.2) is 0 Å². The van der Waals surface area contributed by atoms with Gasteiger partial charge in [0.2, 0.25) is 0 Å². The number of halogens is 1. The molecule has 2 aliphatic heterocycles. The summed E-state index contributed by atoms with van der Waals surface area (Å²) in [5.41, 5.74) is 3.93. The Kier molecular flexibility index (Phi) is 4.75. The van der Waals surface area contributed by atoms with Gasteiger partial charge in [-0.2, -0.15) is 5.26 Å². The summed E-state index contributed by atoms with van der Waals surface area (Å²) in [6, 6.07) is 17.2. The minimum atomic E-state index is 0.319. The molecular formula is C23H22ClN5.